The number of aromatic amines is 1. The highest BCUT2D eigenvalue weighted by Crippen LogP contribution is 2.53. The average molecular weight is 535 g/mol. The number of aromatic nitrogens is 1. The summed E-state index contributed by atoms with van der Waals surface area (Å²) in [6.07, 6.45) is 0. The number of benzene rings is 3. The molecule has 180 valence electrons. The molecule has 0 saturated carbocycles. The van der Waals surface area contributed by atoms with Gasteiger partial charge < -0.3 is 9.72 Å². The van der Waals surface area contributed by atoms with Crippen molar-refractivity contribution in [2.24, 2.45) is 5.92 Å². The lowest BCUT2D eigenvalue weighted by Crippen LogP contribution is -2.32. The van der Waals surface area contributed by atoms with Crippen molar-refractivity contribution in [1.29, 1.82) is 0 Å². The van der Waals surface area contributed by atoms with E-state index >= 15 is 0 Å². The lowest BCUT2D eigenvalue weighted by atomic mass is 9.83. The number of carbonyl (C=O) groups is 2. The summed E-state index contributed by atoms with van der Waals surface area (Å²) < 4.78 is 5.92. The Hall–Kier alpha value is -3.33. The molecule has 1 aromatic heterocycles. The summed E-state index contributed by atoms with van der Waals surface area (Å²) in [7, 11) is 0. The van der Waals surface area contributed by atoms with E-state index in [0.29, 0.717) is 28.1 Å². The molecule has 2 unspecified atom stereocenters. The molecule has 9 heteroatoms. The second-order valence-corrected chi connectivity index (χ2v) is 11.2. The molecule has 2 amide bonds. The van der Waals surface area contributed by atoms with E-state index < -0.39 is 17.1 Å². The first-order chi connectivity index (χ1) is 17.5. The fraction of sp³-hybridized carbons (Fsp3) is 0.148. The Bertz CT molecular complexity index is 1500. The maximum atomic E-state index is 13.7. The molecular formula is C27H19ClN2O4S2. The quantitative estimate of drug-likeness (QED) is 0.344. The largest absolute Gasteiger partial charge is 0.489 e. The minimum atomic E-state index is -0.610. The Morgan fingerprint density at radius 3 is 2.33 bits per heavy atom. The van der Waals surface area contributed by atoms with Crippen LogP contribution >= 0.6 is 34.7 Å². The summed E-state index contributed by atoms with van der Waals surface area (Å²) in [6.45, 7) is 0.393. The number of nitrogens with zero attached hydrogens (tertiary/aromatic N) is 1. The number of rotatable bonds is 5. The number of thiazole rings is 1. The molecule has 0 aliphatic carbocycles. The first-order valence-electron chi connectivity index (χ1n) is 11.3. The van der Waals surface area contributed by atoms with Crippen LogP contribution in [0.4, 0.5) is 5.69 Å². The number of hydrogen-bond donors (Lipinski definition) is 1. The van der Waals surface area contributed by atoms with Gasteiger partial charge in [-0.25, -0.2) is 4.90 Å². The third kappa shape index (κ3) is 4.05. The van der Waals surface area contributed by atoms with Crippen LogP contribution in [0.15, 0.2) is 88.7 Å². The van der Waals surface area contributed by atoms with Crippen molar-refractivity contribution < 1.29 is 14.3 Å². The van der Waals surface area contributed by atoms with Crippen LogP contribution in [0.25, 0.3) is 0 Å². The lowest BCUT2D eigenvalue weighted by molar-refractivity contribution is -0.122. The van der Waals surface area contributed by atoms with Crippen molar-refractivity contribution in [3.63, 3.8) is 0 Å². The van der Waals surface area contributed by atoms with Gasteiger partial charge in [-0.1, -0.05) is 77.2 Å². The maximum Gasteiger partial charge on any atom is 0.305 e. The lowest BCUT2D eigenvalue weighted by Gasteiger charge is -2.29. The molecule has 3 atom stereocenters. The molecule has 1 N–H and O–H groups in total. The maximum absolute atomic E-state index is 13.7. The predicted octanol–water partition coefficient (Wildman–Crippen LogP) is 5.46. The number of amides is 2. The number of thioether (sulfide) groups is 1. The molecule has 4 aromatic rings. The molecule has 2 aliphatic heterocycles. The Kier molecular flexibility index (Phi) is 5.95. The van der Waals surface area contributed by atoms with Crippen molar-refractivity contribution in [1.82, 2.24) is 4.98 Å². The van der Waals surface area contributed by atoms with Crippen LogP contribution in [0, 0.1) is 5.92 Å². The van der Waals surface area contributed by atoms with Crippen molar-refractivity contribution in [2.75, 3.05) is 4.90 Å². The Morgan fingerprint density at radius 1 is 0.889 bits per heavy atom. The Labute approximate surface area is 219 Å². The minimum Gasteiger partial charge on any atom is -0.489 e. The second-order valence-electron chi connectivity index (χ2n) is 8.58. The van der Waals surface area contributed by atoms with Crippen molar-refractivity contribution in [2.45, 2.75) is 22.8 Å². The first-order valence-corrected chi connectivity index (χ1v) is 13.4. The van der Waals surface area contributed by atoms with E-state index in [-0.39, 0.29) is 16.7 Å². The Balaban J connectivity index is 1.32. The number of para-hydroxylation sites is 1. The number of fused-ring (bicyclic) bond motifs is 2. The highest BCUT2D eigenvalue weighted by atomic mass is 35.5. The van der Waals surface area contributed by atoms with Crippen molar-refractivity contribution in [3.8, 4) is 5.75 Å². The van der Waals surface area contributed by atoms with E-state index in [1.807, 2.05) is 54.6 Å². The van der Waals surface area contributed by atoms with Gasteiger partial charge in [-0.05, 0) is 47.5 Å². The second kappa shape index (κ2) is 9.28. The molecule has 0 radical (unpaired) electrons. The van der Waals surface area contributed by atoms with Gasteiger partial charge in [0.2, 0.25) is 11.8 Å². The Morgan fingerprint density at radius 2 is 1.61 bits per heavy atom. The van der Waals surface area contributed by atoms with E-state index in [9.17, 15) is 14.4 Å². The molecule has 0 spiro atoms. The van der Waals surface area contributed by atoms with Gasteiger partial charge in [-0.2, -0.15) is 0 Å². The van der Waals surface area contributed by atoms with Gasteiger partial charge in [-0.15, -0.1) is 0 Å². The van der Waals surface area contributed by atoms with Crippen LogP contribution in [0.1, 0.15) is 21.9 Å². The van der Waals surface area contributed by atoms with Crippen molar-refractivity contribution in [3.05, 3.63) is 110 Å². The minimum absolute atomic E-state index is 0.194. The summed E-state index contributed by atoms with van der Waals surface area (Å²) in [6, 6.07) is 24.0. The van der Waals surface area contributed by atoms with Gasteiger partial charge in [0.05, 0.1) is 16.6 Å². The van der Waals surface area contributed by atoms with Gasteiger partial charge >= 0.3 is 4.87 Å². The third-order valence-corrected chi connectivity index (χ3v) is 9.05. The molecular weight excluding hydrogens is 516 g/mol. The average Bonchev–Trinajstić information content (AvgIpc) is 3.39. The molecule has 2 aliphatic rings. The fourth-order valence-electron chi connectivity index (χ4n) is 4.73. The van der Waals surface area contributed by atoms with E-state index in [1.54, 1.807) is 24.3 Å². The number of H-pyrrole nitrogens is 1. The van der Waals surface area contributed by atoms with E-state index in [2.05, 4.69) is 4.98 Å². The van der Waals surface area contributed by atoms with E-state index in [4.69, 9.17) is 16.3 Å². The summed E-state index contributed by atoms with van der Waals surface area (Å²) in [5.74, 6) is -0.846. The van der Waals surface area contributed by atoms with Gasteiger partial charge in [-0.3, -0.25) is 14.4 Å². The zero-order valence-electron chi connectivity index (χ0n) is 18.7. The number of halogens is 1. The van der Waals surface area contributed by atoms with E-state index in [1.165, 1.54) is 16.7 Å². The van der Waals surface area contributed by atoms with Crippen LogP contribution in [0.2, 0.25) is 5.02 Å². The predicted molar refractivity (Wildman–Crippen MR) is 141 cm³/mol. The fourth-order valence-corrected chi connectivity index (χ4v) is 7.37. The summed E-state index contributed by atoms with van der Waals surface area (Å²) in [5, 5.41) is 0.723. The summed E-state index contributed by atoms with van der Waals surface area (Å²) >= 11 is 8.32. The standard InChI is InChI=1S/C27H19ClN2O4S2/c28-17-10-6-15(7-11-17)14-34-19-12-8-16(9-13-19)20-21-23(35-24-22(20)36-27(33)29-24)26(32)30(25(21)31)18-4-2-1-3-5-18/h1-13,20-21,23H,14H2,(H,29,33)/t20-,21?,23?/m1/s1. The number of anilines is 1. The normalized spacial score (nSPS) is 20.8. The molecule has 6 rings (SSSR count). The first kappa shape index (κ1) is 23.1. The van der Waals surface area contributed by atoms with Gasteiger partial charge in [0.1, 0.15) is 17.6 Å². The van der Waals surface area contributed by atoms with Crippen LogP contribution in [-0.2, 0) is 16.2 Å². The molecule has 36 heavy (non-hydrogen) atoms. The van der Waals surface area contributed by atoms with Crippen LogP contribution in [0.3, 0.4) is 0 Å². The molecule has 1 saturated heterocycles. The van der Waals surface area contributed by atoms with Crippen LogP contribution < -0.4 is 14.5 Å². The monoisotopic (exact) mass is 534 g/mol. The number of nitrogens with one attached hydrogen (secondary N) is 1. The summed E-state index contributed by atoms with van der Waals surface area (Å²) in [4.78, 5) is 44.1. The molecule has 1 fully saturated rings. The van der Waals surface area contributed by atoms with Crippen molar-refractivity contribution >= 4 is 52.2 Å². The van der Waals surface area contributed by atoms with Crippen LogP contribution in [-0.4, -0.2) is 22.0 Å². The van der Waals surface area contributed by atoms with Gasteiger partial charge in [0.15, 0.2) is 0 Å². The zero-order chi connectivity index (χ0) is 24.8. The highest BCUT2D eigenvalue weighted by molar-refractivity contribution is 8.00. The van der Waals surface area contributed by atoms with Gasteiger partial charge in [0, 0.05) is 15.8 Å². The molecule has 6 nitrogen and oxygen atoms in total. The highest BCUT2D eigenvalue weighted by Gasteiger charge is 2.56. The molecule has 3 heterocycles. The smallest absolute Gasteiger partial charge is 0.305 e. The van der Waals surface area contributed by atoms with Crippen LogP contribution in [0.5, 0.6) is 5.75 Å². The number of ether oxygens (including phenoxy) is 1. The summed E-state index contributed by atoms with van der Waals surface area (Å²) in [5.41, 5.74) is 2.41. The SMILES string of the molecule is O=C1C2Sc3[nH]c(=O)sc3[C@H](c3ccc(OCc4ccc(Cl)cc4)cc3)C2C(=O)N1c1ccccc1. The number of carbonyl (C=O) groups excluding carboxylic acids is 2. The topological polar surface area (TPSA) is 79.5 Å². The van der Waals surface area contributed by atoms with E-state index in [0.717, 1.165) is 27.3 Å². The third-order valence-electron chi connectivity index (χ3n) is 6.40. The molecule has 3 aromatic carbocycles. The number of imide groups is 1. The zero-order valence-corrected chi connectivity index (χ0v) is 21.1. The van der Waals surface area contributed by atoms with Gasteiger partial charge in [0.25, 0.3) is 0 Å². The number of hydrogen-bond acceptors (Lipinski definition) is 6. The molecule has 0 bridgehead atoms.